The fourth-order valence-electron chi connectivity index (χ4n) is 3.78. The molecule has 1 fully saturated rings. The summed E-state index contributed by atoms with van der Waals surface area (Å²) in [4.78, 5) is 37.7. The number of ether oxygens (including phenoxy) is 1. The Bertz CT molecular complexity index is 894. The minimum absolute atomic E-state index is 0.0400. The maximum atomic E-state index is 12.9. The zero-order chi connectivity index (χ0) is 19.5. The number of cyclic esters (lactones) is 1. The monoisotopic (exact) mass is 378 g/mol. The highest BCUT2D eigenvalue weighted by atomic mass is 16.6. The van der Waals surface area contributed by atoms with Crippen LogP contribution in [0.15, 0.2) is 48.5 Å². The molecule has 1 N–H and O–H groups in total. The first-order chi connectivity index (χ1) is 13.6. The number of amides is 3. The average Bonchev–Trinajstić information content (AvgIpc) is 3.05. The van der Waals surface area contributed by atoms with E-state index in [4.69, 9.17) is 4.74 Å². The van der Waals surface area contributed by atoms with Gasteiger partial charge in [0.05, 0.1) is 12.6 Å². The molecule has 1 atom stereocenters. The van der Waals surface area contributed by atoms with Crippen LogP contribution >= 0.6 is 0 Å². The van der Waals surface area contributed by atoms with E-state index in [-0.39, 0.29) is 19.1 Å². The summed E-state index contributed by atoms with van der Waals surface area (Å²) >= 11 is 0. The molecule has 2 aliphatic rings. The topological polar surface area (TPSA) is 75.7 Å². The number of carbonyl (C=O) groups is 3. The highest BCUT2D eigenvalue weighted by molar-refractivity contribution is 5.98. The second-order valence-electron chi connectivity index (χ2n) is 7.19. The number of hydrogen-bond donors (Lipinski definition) is 1. The molecule has 1 aliphatic heterocycles. The van der Waals surface area contributed by atoms with Crippen LogP contribution in [0.2, 0.25) is 0 Å². The zero-order valence-corrected chi connectivity index (χ0v) is 15.5. The Kier molecular flexibility index (Phi) is 5.10. The molecule has 2 aromatic rings. The van der Waals surface area contributed by atoms with Gasteiger partial charge in [-0.3, -0.25) is 9.59 Å². The number of rotatable bonds is 5. The second kappa shape index (κ2) is 7.84. The van der Waals surface area contributed by atoms with E-state index in [1.807, 2.05) is 48.5 Å². The lowest BCUT2D eigenvalue weighted by molar-refractivity contribution is -0.126. The number of benzene rings is 2. The number of carbonyl (C=O) groups excluding carboxylic acids is 3. The van der Waals surface area contributed by atoms with Crippen LogP contribution in [-0.2, 0) is 22.4 Å². The molecule has 1 saturated heterocycles. The van der Waals surface area contributed by atoms with Crippen LogP contribution in [0.5, 0.6) is 0 Å². The van der Waals surface area contributed by atoms with Gasteiger partial charge in [-0.15, -0.1) is 0 Å². The summed E-state index contributed by atoms with van der Waals surface area (Å²) < 4.78 is 4.79. The fourth-order valence-corrected chi connectivity index (χ4v) is 3.78. The molecule has 1 heterocycles. The first kappa shape index (κ1) is 18.2. The van der Waals surface area contributed by atoms with Gasteiger partial charge in [-0.25, -0.2) is 9.69 Å². The highest BCUT2D eigenvalue weighted by Crippen LogP contribution is 2.23. The van der Waals surface area contributed by atoms with Crippen molar-refractivity contribution in [3.8, 4) is 0 Å². The van der Waals surface area contributed by atoms with Crippen LogP contribution in [-0.4, -0.2) is 36.0 Å². The van der Waals surface area contributed by atoms with E-state index in [0.717, 1.165) is 29.7 Å². The summed E-state index contributed by atoms with van der Waals surface area (Å²) in [5, 5.41) is 2.98. The number of nitrogens with zero attached hydrogens (tertiary/aromatic N) is 1. The van der Waals surface area contributed by atoms with Gasteiger partial charge < -0.3 is 10.1 Å². The number of nitrogens with one attached hydrogen (secondary N) is 1. The van der Waals surface area contributed by atoms with Crippen LogP contribution in [0, 0.1) is 0 Å². The van der Waals surface area contributed by atoms with Crippen molar-refractivity contribution < 1.29 is 19.1 Å². The van der Waals surface area contributed by atoms with Crippen LogP contribution < -0.4 is 5.32 Å². The number of hydrogen-bond acceptors (Lipinski definition) is 4. The summed E-state index contributed by atoms with van der Waals surface area (Å²) in [6.07, 6.45) is 3.71. The number of imide groups is 1. The van der Waals surface area contributed by atoms with E-state index in [1.165, 1.54) is 17.5 Å². The smallest absolute Gasteiger partial charge is 0.417 e. The van der Waals surface area contributed by atoms with Gasteiger partial charge in [0.25, 0.3) is 11.8 Å². The molecule has 0 radical (unpaired) electrons. The van der Waals surface area contributed by atoms with Crippen molar-refractivity contribution in [2.24, 2.45) is 0 Å². The Morgan fingerprint density at radius 3 is 2.50 bits per heavy atom. The van der Waals surface area contributed by atoms with E-state index in [2.05, 4.69) is 5.32 Å². The fraction of sp³-hybridized carbons (Fsp3) is 0.318. The molecule has 0 aromatic heterocycles. The summed E-state index contributed by atoms with van der Waals surface area (Å²) in [6.45, 7) is -0.211. The van der Waals surface area contributed by atoms with E-state index < -0.39 is 18.0 Å². The van der Waals surface area contributed by atoms with Crippen LogP contribution in [0.1, 0.15) is 45.9 Å². The molecule has 4 rings (SSSR count). The van der Waals surface area contributed by atoms with Gasteiger partial charge in [0.15, 0.2) is 6.61 Å². The third kappa shape index (κ3) is 3.76. The lowest BCUT2D eigenvalue weighted by atomic mass is 9.90. The maximum absolute atomic E-state index is 12.9. The Balaban J connectivity index is 1.56. The Morgan fingerprint density at radius 1 is 1.04 bits per heavy atom. The Labute approximate surface area is 163 Å². The van der Waals surface area contributed by atoms with Crippen molar-refractivity contribution in [2.75, 3.05) is 13.2 Å². The van der Waals surface area contributed by atoms with Gasteiger partial charge in [0.1, 0.15) is 0 Å². The lowest BCUT2D eigenvalue weighted by Crippen LogP contribution is -2.40. The quantitative estimate of drug-likeness (QED) is 0.868. The standard InChI is InChI=1S/C22H22N2O4/c25-20-14-28-22(27)24(20)13-19(16-7-2-1-3-8-16)23-21(26)18-11-10-15-6-4-5-9-17(15)12-18/h1-3,7-8,10-12,19H,4-6,9,13-14H2,(H,23,26). The lowest BCUT2D eigenvalue weighted by Gasteiger charge is -2.23. The van der Waals surface area contributed by atoms with Crippen molar-refractivity contribution >= 4 is 17.9 Å². The van der Waals surface area contributed by atoms with E-state index >= 15 is 0 Å². The summed E-state index contributed by atoms with van der Waals surface area (Å²) in [7, 11) is 0. The maximum Gasteiger partial charge on any atom is 0.417 e. The van der Waals surface area contributed by atoms with Crippen molar-refractivity contribution in [3.05, 3.63) is 70.8 Å². The zero-order valence-electron chi connectivity index (χ0n) is 15.5. The van der Waals surface area contributed by atoms with E-state index in [0.29, 0.717) is 5.56 Å². The molecule has 1 aliphatic carbocycles. The van der Waals surface area contributed by atoms with Gasteiger partial charge in [-0.2, -0.15) is 0 Å². The van der Waals surface area contributed by atoms with Crippen molar-refractivity contribution in [1.82, 2.24) is 10.2 Å². The molecule has 6 heteroatoms. The first-order valence-electron chi connectivity index (χ1n) is 9.56. The predicted octanol–water partition coefficient (Wildman–Crippen LogP) is 3.02. The normalized spacial score (nSPS) is 17.1. The molecule has 0 spiro atoms. The van der Waals surface area contributed by atoms with Gasteiger partial charge in [0.2, 0.25) is 0 Å². The molecule has 6 nitrogen and oxygen atoms in total. The molecular weight excluding hydrogens is 356 g/mol. The molecule has 144 valence electrons. The van der Waals surface area contributed by atoms with E-state index in [9.17, 15) is 14.4 Å². The molecule has 3 amide bonds. The summed E-state index contributed by atoms with van der Waals surface area (Å²) in [5.74, 6) is -0.615. The first-order valence-corrected chi connectivity index (χ1v) is 9.56. The Hall–Kier alpha value is -3.15. The van der Waals surface area contributed by atoms with Crippen molar-refractivity contribution in [3.63, 3.8) is 0 Å². The van der Waals surface area contributed by atoms with Crippen LogP contribution in [0.25, 0.3) is 0 Å². The second-order valence-corrected chi connectivity index (χ2v) is 7.19. The molecule has 2 aromatic carbocycles. The van der Waals surface area contributed by atoms with Crippen molar-refractivity contribution in [1.29, 1.82) is 0 Å². The van der Waals surface area contributed by atoms with Gasteiger partial charge in [-0.05, 0) is 54.5 Å². The van der Waals surface area contributed by atoms with Crippen LogP contribution in [0.3, 0.4) is 0 Å². The SMILES string of the molecule is O=C(NC(CN1C(=O)COC1=O)c1ccccc1)c1ccc2c(c1)CCCC2. The summed E-state index contributed by atoms with van der Waals surface area (Å²) in [6, 6.07) is 14.6. The number of aryl methyl sites for hydroxylation is 2. The minimum Gasteiger partial charge on any atom is -0.439 e. The largest absolute Gasteiger partial charge is 0.439 e. The third-order valence-electron chi connectivity index (χ3n) is 5.32. The minimum atomic E-state index is -0.672. The molecule has 0 saturated carbocycles. The van der Waals surface area contributed by atoms with Gasteiger partial charge in [-0.1, -0.05) is 36.4 Å². The number of fused-ring (bicyclic) bond motifs is 1. The van der Waals surface area contributed by atoms with Gasteiger partial charge in [0, 0.05) is 5.56 Å². The Morgan fingerprint density at radius 2 is 1.79 bits per heavy atom. The molecule has 0 bridgehead atoms. The highest BCUT2D eigenvalue weighted by Gasteiger charge is 2.33. The van der Waals surface area contributed by atoms with E-state index in [1.54, 1.807) is 0 Å². The third-order valence-corrected chi connectivity index (χ3v) is 5.32. The molecule has 28 heavy (non-hydrogen) atoms. The summed E-state index contributed by atoms with van der Waals surface area (Å²) in [5.41, 5.74) is 3.96. The predicted molar refractivity (Wildman–Crippen MR) is 103 cm³/mol. The average molecular weight is 378 g/mol. The van der Waals surface area contributed by atoms with Crippen LogP contribution in [0.4, 0.5) is 4.79 Å². The molecular formula is C22H22N2O4. The van der Waals surface area contributed by atoms with Crippen molar-refractivity contribution in [2.45, 2.75) is 31.7 Å². The molecule has 1 unspecified atom stereocenters. The van der Waals surface area contributed by atoms with Gasteiger partial charge >= 0.3 is 6.09 Å².